The third-order valence-corrected chi connectivity index (χ3v) is 4.03. The summed E-state index contributed by atoms with van der Waals surface area (Å²) in [5, 5.41) is 6.21. The number of carbonyl (C=O) groups is 1. The molecule has 98 valence electrons. The van der Waals surface area contributed by atoms with Gasteiger partial charge in [0.2, 0.25) is 5.91 Å². The summed E-state index contributed by atoms with van der Waals surface area (Å²) in [5.74, 6) is 0.0858. The Kier molecular flexibility index (Phi) is 4.29. The van der Waals surface area contributed by atoms with Crippen molar-refractivity contribution in [2.45, 2.75) is 12.6 Å². The van der Waals surface area contributed by atoms with Crippen molar-refractivity contribution in [1.29, 1.82) is 0 Å². The molecule has 1 aliphatic heterocycles. The first kappa shape index (κ1) is 13.8. The third-order valence-electron chi connectivity index (χ3n) is 2.83. The lowest BCUT2D eigenvalue weighted by Crippen LogP contribution is -2.44. The molecular weight excluding hydrogens is 362 g/mol. The minimum absolute atomic E-state index is 0.0858. The molecule has 0 saturated carbocycles. The van der Waals surface area contributed by atoms with Crippen molar-refractivity contribution in [2.75, 3.05) is 25.5 Å². The quantitative estimate of drug-likeness (QED) is 0.832. The van der Waals surface area contributed by atoms with Crippen molar-refractivity contribution in [3.05, 3.63) is 26.6 Å². The fraction of sp³-hybridized carbons (Fsp3) is 0.417. The van der Waals surface area contributed by atoms with Gasteiger partial charge in [-0.15, -0.1) is 0 Å². The average molecular weight is 377 g/mol. The fourth-order valence-electron chi connectivity index (χ4n) is 1.99. The molecule has 4 nitrogen and oxygen atoms in total. The standard InChI is InChI=1S/C12H15Br2N3O/c1-17(2)11-8(13)5-7(6-9(11)14)12-15-4-3-10(18)16-12/h5-6,12,15H,3-4H2,1-2H3,(H,16,18)/t12-/m0/s1. The van der Waals surface area contributed by atoms with E-state index in [9.17, 15) is 4.79 Å². The van der Waals surface area contributed by atoms with Crippen molar-refractivity contribution in [1.82, 2.24) is 10.6 Å². The number of nitrogens with zero attached hydrogens (tertiary/aromatic N) is 1. The van der Waals surface area contributed by atoms with Gasteiger partial charge in [-0.1, -0.05) is 0 Å². The molecule has 0 spiro atoms. The van der Waals surface area contributed by atoms with Gasteiger partial charge in [0, 0.05) is 36.0 Å². The summed E-state index contributed by atoms with van der Waals surface area (Å²) in [6, 6.07) is 4.06. The summed E-state index contributed by atoms with van der Waals surface area (Å²) in [6.07, 6.45) is 0.421. The number of hydrogen-bond acceptors (Lipinski definition) is 3. The van der Waals surface area contributed by atoms with Crippen molar-refractivity contribution in [3.8, 4) is 0 Å². The molecule has 1 saturated heterocycles. The van der Waals surface area contributed by atoms with Crippen molar-refractivity contribution < 1.29 is 4.79 Å². The highest BCUT2D eigenvalue weighted by atomic mass is 79.9. The van der Waals surface area contributed by atoms with Crippen molar-refractivity contribution in [2.24, 2.45) is 0 Å². The van der Waals surface area contributed by atoms with Crippen molar-refractivity contribution in [3.63, 3.8) is 0 Å². The summed E-state index contributed by atoms with van der Waals surface area (Å²) in [6.45, 7) is 0.709. The molecule has 1 fully saturated rings. The molecule has 0 unspecified atom stereocenters. The van der Waals surface area contributed by atoms with Crippen LogP contribution in [0.25, 0.3) is 0 Å². The molecule has 0 bridgehead atoms. The summed E-state index contributed by atoms with van der Waals surface area (Å²) in [4.78, 5) is 13.4. The van der Waals surface area contributed by atoms with Crippen LogP contribution in [0.15, 0.2) is 21.1 Å². The molecule has 0 aromatic heterocycles. The van der Waals surface area contributed by atoms with Gasteiger partial charge >= 0.3 is 0 Å². The van der Waals surface area contributed by atoms with Gasteiger partial charge in [0.05, 0.1) is 5.69 Å². The zero-order chi connectivity index (χ0) is 13.3. The van der Waals surface area contributed by atoms with Crippen LogP contribution < -0.4 is 15.5 Å². The summed E-state index contributed by atoms with van der Waals surface area (Å²) in [7, 11) is 3.98. The second-order valence-electron chi connectivity index (χ2n) is 4.43. The molecule has 1 atom stereocenters. The Hall–Kier alpha value is -0.590. The van der Waals surface area contributed by atoms with Crippen molar-refractivity contribution >= 4 is 43.5 Å². The second-order valence-corrected chi connectivity index (χ2v) is 6.14. The lowest BCUT2D eigenvalue weighted by molar-refractivity contribution is -0.123. The lowest BCUT2D eigenvalue weighted by Gasteiger charge is -2.26. The molecule has 18 heavy (non-hydrogen) atoms. The maximum atomic E-state index is 11.4. The molecule has 0 radical (unpaired) electrons. The highest BCUT2D eigenvalue weighted by Crippen LogP contribution is 2.35. The van der Waals surface area contributed by atoms with Gasteiger partial charge < -0.3 is 10.2 Å². The lowest BCUT2D eigenvalue weighted by atomic mass is 10.1. The van der Waals surface area contributed by atoms with E-state index in [1.165, 1.54) is 0 Å². The predicted molar refractivity (Wildman–Crippen MR) is 79.7 cm³/mol. The van der Waals surface area contributed by atoms with E-state index in [-0.39, 0.29) is 12.1 Å². The fourth-order valence-corrected chi connectivity index (χ4v) is 3.93. The molecule has 1 aromatic carbocycles. The van der Waals surface area contributed by atoms with Crippen LogP contribution in [0.1, 0.15) is 18.2 Å². The first-order chi connectivity index (χ1) is 8.49. The number of nitrogens with one attached hydrogen (secondary N) is 2. The predicted octanol–water partition coefficient (Wildman–Crippen LogP) is 2.39. The van der Waals surface area contributed by atoms with Crippen LogP contribution in [0.3, 0.4) is 0 Å². The largest absolute Gasteiger partial charge is 0.376 e. The zero-order valence-electron chi connectivity index (χ0n) is 10.3. The first-order valence-electron chi connectivity index (χ1n) is 5.68. The Morgan fingerprint density at radius 3 is 2.39 bits per heavy atom. The highest BCUT2D eigenvalue weighted by molar-refractivity contribution is 9.11. The van der Waals surface area contributed by atoms with Gasteiger partial charge in [-0.05, 0) is 49.6 Å². The molecule has 2 N–H and O–H groups in total. The minimum atomic E-state index is -0.116. The number of anilines is 1. The van der Waals surface area contributed by atoms with Gasteiger partial charge in [-0.2, -0.15) is 0 Å². The van der Waals surface area contributed by atoms with Gasteiger partial charge in [0.25, 0.3) is 0 Å². The Balaban J connectivity index is 2.32. The smallest absolute Gasteiger partial charge is 0.222 e. The SMILES string of the molecule is CN(C)c1c(Br)cc([C@H]2NCCC(=O)N2)cc1Br. The maximum Gasteiger partial charge on any atom is 0.222 e. The topological polar surface area (TPSA) is 44.4 Å². The summed E-state index contributed by atoms with van der Waals surface area (Å²) in [5.41, 5.74) is 2.12. The molecule has 1 amide bonds. The molecule has 1 heterocycles. The van der Waals surface area contributed by atoms with E-state index in [2.05, 4.69) is 42.5 Å². The number of amides is 1. The minimum Gasteiger partial charge on any atom is -0.376 e. The van der Waals surface area contributed by atoms with Crippen LogP contribution in [0.2, 0.25) is 0 Å². The molecular formula is C12H15Br2N3O. The number of benzene rings is 1. The molecule has 6 heteroatoms. The normalized spacial score (nSPS) is 19.6. The highest BCUT2D eigenvalue weighted by Gasteiger charge is 2.21. The molecule has 1 aromatic rings. The number of hydrogen-bond donors (Lipinski definition) is 2. The van der Waals surface area contributed by atoms with Crippen LogP contribution >= 0.6 is 31.9 Å². The van der Waals surface area contributed by atoms with Gasteiger partial charge in [-0.25, -0.2) is 0 Å². The van der Waals surface area contributed by atoms with Crippen LogP contribution in [0.4, 0.5) is 5.69 Å². The monoisotopic (exact) mass is 375 g/mol. The van der Waals surface area contributed by atoms with E-state index in [0.717, 1.165) is 20.2 Å². The van der Waals surface area contributed by atoms with Crippen LogP contribution in [0, 0.1) is 0 Å². The Morgan fingerprint density at radius 2 is 1.89 bits per heavy atom. The van der Waals surface area contributed by atoms with Crippen LogP contribution in [-0.2, 0) is 4.79 Å². The number of rotatable bonds is 2. The third kappa shape index (κ3) is 2.87. The van der Waals surface area contributed by atoms with Crippen LogP contribution in [-0.4, -0.2) is 26.5 Å². The van der Waals surface area contributed by atoms with E-state index in [0.29, 0.717) is 13.0 Å². The summed E-state index contributed by atoms with van der Waals surface area (Å²) < 4.78 is 2.00. The van der Waals surface area contributed by atoms with E-state index in [4.69, 9.17) is 0 Å². The average Bonchev–Trinajstić information content (AvgIpc) is 2.27. The van der Waals surface area contributed by atoms with Gasteiger partial charge in [-0.3, -0.25) is 10.1 Å². The van der Waals surface area contributed by atoms with E-state index >= 15 is 0 Å². The Morgan fingerprint density at radius 1 is 1.28 bits per heavy atom. The Labute approximate surface area is 123 Å². The number of carbonyl (C=O) groups excluding carboxylic acids is 1. The zero-order valence-corrected chi connectivity index (χ0v) is 13.4. The van der Waals surface area contributed by atoms with E-state index < -0.39 is 0 Å². The maximum absolute atomic E-state index is 11.4. The molecule has 2 rings (SSSR count). The Bertz CT molecular complexity index is 453. The van der Waals surface area contributed by atoms with E-state index in [1.54, 1.807) is 0 Å². The van der Waals surface area contributed by atoms with Gasteiger partial charge in [0.1, 0.15) is 6.17 Å². The second kappa shape index (κ2) is 5.59. The molecule has 0 aliphatic carbocycles. The van der Waals surface area contributed by atoms with Crippen LogP contribution in [0.5, 0.6) is 0 Å². The van der Waals surface area contributed by atoms with Gasteiger partial charge in [0.15, 0.2) is 0 Å². The first-order valence-corrected chi connectivity index (χ1v) is 7.26. The number of halogens is 2. The summed E-state index contributed by atoms with van der Waals surface area (Å²) >= 11 is 7.14. The van der Waals surface area contributed by atoms with E-state index in [1.807, 2.05) is 31.1 Å². The molecule has 1 aliphatic rings.